The highest BCUT2D eigenvalue weighted by atomic mass is 35.5. The minimum Gasteiger partial charge on any atom is -0.494 e. The molecule has 0 saturated carbocycles. The highest BCUT2D eigenvalue weighted by molar-refractivity contribution is 7.21. The molecule has 26 heavy (non-hydrogen) atoms. The van der Waals surface area contributed by atoms with Gasteiger partial charge in [-0.15, -0.1) is 11.3 Å². The van der Waals surface area contributed by atoms with Crippen LogP contribution in [0.2, 0.25) is 5.02 Å². The zero-order valence-corrected chi connectivity index (χ0v) is 15.6. The fraction of sp³-hybridized carbons (Fsp3) is 0.211. The maximum Gasteiger partial charge on any atom is 0.263 e. The number of carbonyl (C=O) groups is 1. The third-order valence-electron chi connectivity index (χ3n) is 3.59. The largest absolute Gasteiger partial charge is 0.494 e. The maximum absolute atomic E-state index is 13.3. The van der Waals surface area contributed by atoms with E-state index in [0.29, 0.717) is 45.5 Å². The van der Waals surface area contributed by atoms with Gasteiger partial charge in [0, 0.05) is 10.1 Å². The van der Waals surface area contributed by atoms with Gasteiger partial charge in [0.2, 0.25) is 0 Å². The monoisotopic (exact) mass is 393 g/mol. The van der Waals surface area contributed by atoms with Crippen molar-refractivity contribution >= 4 is 38.9 Å². The summed E-state index contributed by atoms with van der Waals surface area (Å²) in [7, 11) is 0. The lowest BCUT2D eigenvalue weighted by atomic mass is 10.2. The Morgan fingerprint density at radius 3 is 2.54 bits per heavy atom. The minimum atomic E-state index is -0.355. The molecule has 0 unspecified atom stereocenters. The number of carbonyl (C=O) groups excluding carboxylic acids is 1. The van der Waals surface area contributed by atoms with E-state index in [1.807, 2.05) is 31.2 Å². The van der Waals surface area contributed by atoms with Crippen molar-refractivity contribution in [2.45, 2.75) is 6.92 Å². The summed E-state index contributed by atoms with van der Waals surface area (Å²) in [6.07, 6.45) is 0. The second kappa shape index (κ2) is 8.38. The lowest BCUT2D eigenvalue weighted by Crippen LogP contribution is -2.27. The fourth-order valence-electron chi connectivity index (χ4n) is 2.40. The molecule has 1 heterocycles. The number of thiophene rings is 1. The second-order valence-electron chi connectivity index (χ2n) is 5.39. The molecule has 3 aromatic rings. The average molecular weight is 394 g/mol. The van der Waals surface area contributed by atoms with Gasteiger partial charge in [0.05, 0.1) is 18.2 Å². The zero-order chi connectivity index (χ0) is 18.5. The average Bonchev–Trinajstić information content (AvgIpc) is 2.96. The number of nitrogens with one attached hydrogen (secondary N) is 1. The fourth-order valence-corrected chi connectivity index (χ4v) is 3.86. The van der Waals surface area contributed by atoms with Gasteiger partial charge in [-0.05, 0) is 49.4 Å². The molecule has 1 amide bonds. The van der Waals surface area contributed by atoms with E-state index in [1.165, 1.54) is 23.5 Å². The van der Waals surface area contributed by atoms with Crippen LogP contribution in [0.25, 0.3) is 10.1 Å². The number of amides is 1. The van der Waals surface area contributed by atoms with E-state index in [0.717, 1.165) is 5.75 Å². The number of halogens is 2. The van der Waals surface area contributed by atoms with E-state index in [-0.39, 0.29) is 11.7 Å². The molecule has 0 aliphatic heterocycles. The molecular formula is C19H17ClFNO3S. The zero-order valence-electron chi connectivity index (χ0n) is 14.1. The van der Waals surface area contributed by atoms with Gasteiger partial charge in [0.1, 0.15) is 28.8 Å². The van der Waals surface area contributed by atoms with Gasteiger partial charge < -0.3 is 14.8 Å². The Morgan fingerprint density at radius 1 is 1.15 bits per heavy atom. The number of rotatable bonds is 7. The first kappa shape index (κ1) is 18.5. The maximum atomic E-state index is 13.3. The normalized spacial score (nSPS) is 10.7. The first-order chi connectivity index (χ1) is 12.6. The molecular weight excluding hydrogens is 377 g/mol. The number of ether oxygens (including phenoxy) is 2. The number of hydrogen-bond acceptors (Lipinski definition) is 4. The van der Waals surface area contributed by atoms with E-state index in [4.69, 9.17) is 21.1 Å². The molecule has 0 radical (unpaired) electrons. The van der Waals surface area contributed by atoms with E-state index < -0.39 is 0 Å². The van der Waals surface area contributed by atoms with Crippen LogP contribution in [0.5, 0.6) is 11.5 Å². The number of benzene rings is 2. The second-order valence-corrected chi connectivity index (χ2v) is 6.82. The molecule has 0 bridgehead atoms. The Kier molecular flexibility index (Phi) is 5.96. The topological polar surface area (TPSA) is 47.6 Å². The van der Waals surface area contributed by atoms with Crippen LogP contribution in [0.3, 0.4) is 0 Å². The summed E-state index contributed by atoms with van der Waals surface area (Å²) in [5.74, 6) is 0.820. The van der Waals surface area contributed by atoms with Gasteiger partial charge in [0.15, 0.2) is 0 Å². The predicted octanol–water partition coefficient (Wildman–Crippen LogP) is 4.90. The molecule has 136 valence electrons. The van der Waals surface area contributed by atoms with Crippen LogP contribution in [0.4, 0.5) is 4.39 Å². The van der Waals surface area contributed by atoms with Crippen LogP contribution in [-0.4, -0.2) is 25.7 Å². The number of hydrogen-bond donors (Lipinski definition) is 1. The Balaban J connectivity index is 1.53. The highest BCUT2D eigenvalue weighted by Gasteiger charge is 2.17. The summed E-state index contributed by atoms with van der Waals surface area (Å²) in [6, 6.07) is 11.6. The van der Waals surface area contributed by atoms with Crippen molar-refractivity contribution in [2.24, 2.45) is 0 Å². The van der Waals surface area contributed by atoms with E-state index in [9.17, 15) is 9.18 Å². The van der Waals surface area contributed by atoms with Crippen LogP contribution < -0.4 is 14.8 Å². The third-order valence-corrected chi connectivity index (χ3v) is 5.24. The molecule has 0 atom stereocenters. The molecule has 1 N–H and O–H groups in total. The van der Waals surface area contributed by atoms with Gasteiger partial charge in [-0.25, -0.2) is 4.39 Å². The Hall–Kier alpha value is -2.31. The number of fused-ring (bicyclic) bond motifs is 1. The first-order valence-corrected chi connectivity index (χ1v) is 9.29. The van der Waals surface area contributed by atoms with E-state index in [1.54, 1.807) is 6.07 Å². The molecule has 0 fully saturated rings. The van der Waals surface area contributed by atoms with Crippen LogP contribution in [-0.2, 0) is 0 Å². The molecule has 0 spiro atoms. The summed E-state index contributed by atoms with van der Waals surface area (Å²) in [5, 5.41) is 3.78. The molecule has 4 nitrogen and oxygen atoms in total. The highest BCUT2D eigenvalue weighted by Crippen LogP contribution is 2.35. The Bertz CT molecular complexity index is 911. The minimum absolute atomic E-state index is 0.299. The van der Waals surface area contributed by atoms with Crippen LogP contribution >= 0.6 is 22.9 Å². The van der Waals surface area contributed by atoms with Crippen LogP contribution in [0, 0.1) is 5.82 Å². The van der Waals surface area contributed by atoms with Gasteiger partial charge in [-0.3, -0.25) is 4.79 Å². The van der Waals surface area contributed by atoms with Gasteiger partial charge in [-0.2, -0.15) is 0 Å². The quantitative estimate of drug-likeness (QED) is 0.581. The molecule has 1 aromatic heterocycles. The summed E-state index contributed by atoms with van der Waals surface area (Å²) in [5.41, 5.74) is 0. The molecule has 2 aromatic carbocycles. The van der Waals surface area contributed by atoms with Gasteiger partial charge in [0.25, 0.3) is 5.91 Å². The molecule has 0 saturated heterocycles. The smallest absolute Gasteiger partial charge is 0.263 e. The van der Waals surface area contributed by atoms with E-state index in [2.05, 4.69) is 5.32 Å². The summed E-state index contributed by atoms with van der Waals surface area (Å²) in [4.78, 5) is 12.7. The van der Waals surface area contributed by atoms with Crippen molar-refractivity contribution in [1.82, 2.24) is 5.32 Å². The van der Waals surface area contributed by atoms with Crippen molar-refractivity contribution in [3.05, 3.63) is 58.2 Å². The lowest BCUT2D eigenvalue weighted by Gasteiger charge is -2.08. The van der Waals surface area contributed by atoms with Crippen molar-refractivity contribution in [1.29, 1.82) is 0 Å². The lowest BCUT2D eigenvalue weighted by molar-refractivity contribution is 0.0951. The van der Waals surface area contributed by atoms with Gasteiger partial charge in [-0.1, -0.05) is 11.6 Å². The first-order valence-electron chi connectivity index (χ1n) is 8.10. The molecule has 0 aliphatic carbocycles. The molecule has 3 rings (SSSR count). The third kappa shape index (κ3) is 4.26. The van der Waals surface area contributed by atoms with Crippen LogP contribution in [0.1, 0.15) is 16.6 Å². The van der Waals surface area contributed by atoms with Crippen molar-refractivity contribution < 1.29 is 18.7 Å². The molecule has 7 heteroatoms. The summed E-state index contributed by atoms with van der Waals surface area (Å²) >= 11 is 7.41. The molecule has 0 aliphatic rings. The van der Waals surface area contributed by atoms with Crippen molar-refractivity contribution in [3.8, 4) is 11.5 Å². The van der Waals surface area contributed by atoms with Crippen molar-refractivity contribution in [2.75, 3.05) is 19.8 Å². The summed E-state index contributed by atoms with van der Waals surface area (Å²) < 4.78 is 24.9. The SMILES string of the molecule is CCOc1ccc(OCCNC(=O)c2sc3cc(F)ccc3c2Cl)cc1. The summed E-state index contributed by atoms with van der Waals surface area (Å²) in [6.45, 7) is 3.17. The Labute approximate surface area is 159 Å². The van der Waals surface area contributed by atoms with Crippen LogP contribution in [0.15, 0.2) is 42.5 Å². The van der Waals surface area contributed by atoms with Crippen molar-refractivity contribution in [3.63, 3.8) is 0 Å². The van der Waals surface area contributed by atoms with E-state index >= 15 is 0 Å². The Morgan fingerprint density at radius 2 is 1.85 bits per heavy atom. The van der Waals surface area contributed by atoms with Gasteiger partial charge >= 0.3 is 0 Å². The standard InChI is InChI=1S/C19H17ClFNO3S/c1-2-24-13-4-6-14(7-5-13)25-10-9-22-19(23)18-17(20)15-8-3-12(21)11-16(15)26-18/h3-8,11H,2,9-10H2,1H3,(H,22,23). The predicted molar refractivity (Wildman–Crippen MR) is 102 cm³/mol.